The largest absolute Gasteiger partial charge is 0.481 e. The van der Waals surface area contributed by atoms with Crippen LogP contribution < -0.4 is 0 Å². The Labute approximate surface area is 135 Å². The molecule has 0 bridgehead atoms. The number of carboxylic acids is 1. The summed E-state index contributed by atoms with van der Waals surface area (Å²) < 4.78 is 5.37. The molecule has 1 amide bonds. The predicted octanol–water partition coefficient (Wildman–Crippen LogP) is 2.22. The second kappa shape index (κ2) is 6.93. The van der Waals surface area contributed by atoms with Gasteiger partial charge in [-0.25, -0.2) is 14.8 Å². The van der Waals surface area contributed by atoms with Gasteiger partial charge in [-0.2, -0.15) is 0 Å². The minimum Gasteiger partial charge on any atom is -0.481 e. The fraction of sp³-hybridized carbons (Fsp3) is 0.625. The molecule has 7 nitrogen and oxygen atoms in total. The fourth-order valence-electron chi connectivity index (χ4n) is 2.51. The topological polar surface area (TPSA) is 92.6 Å². The van der Waals surface area contributed by atoms with Gasteiger partial charge in [0.2, 0.25) is 0 Å². The Kier molecular flexibility index (Phi) is 5.18. The third-order valence-corrected chi connectivity index (χ3v) is 3.58. The zero-order chi connectivity index (χ0) is 17.0. The summed E-state index contributed by atoms with van der Waals surface area (Å²) >= 11 is 0. The summed E-state index contributed by atoms with van der Waals surface area (Å²) in [6.45, 7) is 6.72. The third kappa shape index (κ3) is 5.19. The molecule has 1 saturated heterocycles. The number of aliphatic carboxylic acids is 1. The lowest BCUT2D eigenvalue weighted by Gasteiger charge is -2.32. The Hall–Kier alpha value is -2.18. The van der Waals surface area contributed by atoms with Gasteiger partial charge in [0.05, 0.1) is 12.1 Å². The van der Waals surface area contributed by atoms with Crippen molar-refractivity contribution in [2.24, 2.45) is 0 Å². The fourth-order valence-corrected chi connectivity index (χ4v) is 2.51. The first-order chi connectivity index (χ1) is 10.7. The van der Waals surface area contributed by atoms with Crippen molar-refractivity contribution in [3.05, 3.63) is 23.8 Å². The number of ether oxygens (including phenoxy) is 1. The number of rotatable bonds is 3. The van der Waals surface area contributed by atoms with Crippen molar-refractivity contribution in [3.63, 3.8) is 0 Å². The smallest absolute Gasteiger partial charge is 0.410 e. The zero-order valence-corrected chi connectivity index (χ0v) is 13.8. The van der Waals surface area contributed by atoms with Gasteiger partial charge in [-0.05, 0) is 39.7 Å². The Morgan fingerprint density at radius 2 is 2.00 bits per heavy atom. The molecule has 0 atom stereocenters. The summed E-state index contributed by atoms with van der Waals surface area (Å²) in [5.41, 5.74) is 0.0134. The van der Waals surface area contributed by atoms with Gasteiger partial charge >= 0.3 is 12.1 Å². The van der Waals surface area contributed by atoms with E-state index in [1.807, 2.05) is 20.8 Å². The molecule has 126 valence electrons. The van der Waals surface area contributed by atoms with Crippen molar-refractivity contribution in [2.75, 3.05) is 13.1 Å². The van der Waals surface area contributed by atoms with E-state index in [0.29, 0.717) is 24.6 Å². The molecule has 0 spiro atoms. The molecule has 0 aromatic carbocycles. The monoisotopic (exact) mass is 321 g/mol. The average Bonchev–Trinajstić information content (AvgIpc) is 2.45. The highest BCUT2D eigenvalue weighted by atomic mass is 16.6. The van der Waals surface area contributed by atoms with Crippen molar-refractivity contribution < 1.29 is 19.4 Å². The number of carbonyl (C=O) groups is 2. The highest BCUT2D eigenvalue weighted by Crippen LogP contribution is 2.26. The van der Waals surface area contributed by atoms with E-state index in [4.69, 9.17) is 9.84 Å². The van der Waals surface area contributed by atoms with Crippen LogP contribution in [0.5, 0.6) is 0 Å². The van der Waals surface area contributed by atoms with E-state index in [9.17, 15) is 9.59 Å². The minimum atomic E-state index is -0.908. The van der Waals surface area contributed by atoms with Crippen LogP contribution in [0.1, 0.15) is 51.0 Å². The summed E-state index contributed by atoms with van der Waals surface area (Å²) in [5, 5.41) is 8.84. The van der Waals surface area contributed by atoms with Crippen molar-refractivity contribution >= 4 is 12.1 Å². The number of carboxylic acid groups (broad SMARTS) is 1. The van der Waals surface area contributed by atoms with E-state index < -0.39 is 11.6 Å². The van der Waals surface area contributed by atoms with Gasteiger partial charge in [-0.1, -0.05) is 0 Å². The van der Waals surface area contributed by atoms with Crippen LogP contribution in [-0.4, -0.2) is 50.7 Å². The number of carbonyl (C=O) groups excluding carboxylic acids is 1. The second-order valence-electron chi connectivity index (χ2n) is 6.72. The maximum Gasteiger partial charge on any atom is 0.410 e. The molecule has 7 heteroatoms. The lowest BCUT2D eigenvalue weighted by molar-refractivity contribution is -0.136. The Balaban J connectivity index is 1.94. The number of piperidine rings is 1. The first kappa shape index (κ1) is 17.2. The SMILES string of the molecule is CC(C)(C)OC(=O)N1CCC(c2nccc(CC(=O)O)n2)CC1. The molecule has 0 aliphatic carbocycles. The highest BCUT2D eigenvalue weighted by molar-refractivity contribution is 5.69. The van der Waals surface area contributed by atoms with Gasteiger partial charge in [0.15, 0.2) is 0 Å². The molecule has 1 aliphatic heterocycles. The molecule has 0 saturated carbocycles. The van der Waals surface area contributed by atoms with Crippen LogP contribution in [0, 0.1) is 0 Å². The Morgan fingerprint density at radius 1 is 1.35 bits per heavy atom. The number of hydrogen-bond donors (Lipinski definition) is 1. The van der Waals surface area contributed by atoms with Crippen LogP contribution in [0.4, 0.5) is 4.79 Å². The molecule has 0 unspecified atom stereocenters. The molecule has 1 aliphatic rings. The maximum absolute atomic E-state index is 12.0. The summed E-state index contributed by atoms with van der Waals surface area (Å²) in [4.78, 5) is 33.1. The van der Waals surface area contributed by atoms with E-state index in [1.54, 1.807) is 17.2 Å². The van der Waals surface area contributed by atoms with E-state index in [-0.39, 0.29) is 18.4 Å². The van der Waals surface area contributed by atoms with Crippen molar-refractivity contribution in [1.29, 1.82) is 0 Å². The molecular formula is C16H23N3O4. The molecule has 2 rings (SSSR count). The molecule has 2 heterocycles. The van der Waals surface area contributed by atoms with Crippen LogP contribution in [0.3, 0.4) is 0 Å². The lowest BCUT2D eigenvalue weighted by Crippen LogP contribution is -2.41. The van der Waals surface area contributed by atoms with Crippen molar-refractivity contribution in [1.82, 2.24) is 14.9 Å². The molecular weight excluding hydrogens is 298 g/mol. The number of amides is 1. The summed E-state index contributed by atoms with van der Waals surface area (Å²) in [7, 11) is 0. The number of hydrogen-bond acceptors (Lipinski definition) is 5. The van der Waals surface area contributed by atoms with Gasteiger partial charge < -0.3 is 14.7 Å². The van der Waals surface area contributed by atoms with Crippen LogP contribution >= 0.6 is 0 Å². The van der Waals surface area contributed by atoms with Gasteiger partial charge in [0.1, 0.15) is 11.4 Å². The summed E-state index contributed by atoms with van der Waals surface area (Å²) in [6, 6.07) is 1.62. The van der Waals surface area contributed by atoms with Gasteiger partial charge in [-0.3, -0.25) is 4.79 Å². The standard InChI is InChI=1S/C16H23N3O4/c1-16(2,3)23-15(22)19-8-5-11(6-9-19)14-17-7-4-12(18-14)10-13(20)21/h4,7,11H,5-6,8-10H2,1-3H3,(H,20,21). The van der Waals surface area contributed by atoms with E-state index in [0.717, 1.165) is 12.8 Å². The molecule has 23 heavy (non-hydrogen) atoms. The van der Waals surface area contributed by atoms with Crippen LogP contribution in [-0.2, 0) is 16.0 Å². The zero-order valence-electron chi connectivity index (χ0n) is 13.8. The third-order valence-electron chi connectivity index (χ3n) is 3.58. The molecule has 0 radical (unpaired) electrons. The number of likely N-dealkylation sites (tertiary alicyclic amines) is 1. The molecule has 1 fully saturated rings. The Bertz CT molecular complexity index is 575. The van der Waals surface area contributed by atoms with Crippen molar-refractivity contribution in [3.8, 4) is 0 Å². The van der Waals surface area contributed by atoms with Crippen molar-refractivity contribution in [2.45, 2.75) is 51.6 Å². The average molecular weight is 321 g/mol. The molecule has 1 aromatic heterocycles. The number of nitrogens with zero attached hydrogens (tertiary/aromatic N) is 3. The highest BCUT2D eigenvalue weighted by Gasteiger charge is 2.28. The van der Waals surface area contributed by atoms with Gasteiger partial charge in [0.25, 0.3) is 0 Å². The van der Waals surface area contributed by atoms with E-state index >= 15 is 0 Å². The molecule has 1 N–H and O–H groups in total. The lowest BCUT2D eigenvalue weighted by atomic mass is 9.96. The van der Waals surface area contributed by atoms with Crippen LogP contribution in [0.2, 0.25) is 0 Å². The van der Waals surface area contributed by atoms with Crippen LogP contribution in [0.15, 0.2) is 12.3 Å². The first-order valence-electron chi connectivity index (χ1n) is 7.76. The van der Waals surface area contributed by atoms with Crippen LogP contribution in [0.25, 0.3) is 0 Å². The van der Waals surface area contributed by atoms with E-state index in [2.05, 4.69) is 9.97 Å². The van der Waals surface area contributed by atoms with Gasteiger partial charge in [-0.15, -0.1) is 0 Å². The summed E-state index contributed by atoms with van der Waals surface area (Å²) in [6.07, 6.45) is 2.69. The normalized spacial score (nSPS) is 16.2. The maximum atomic E-state index is 12.0. The summed E-state index contributed by atoms with van der Waals surface area (Å²) in [5.74, 6) is -0.107. The van der Waals surface area contributed by atoms with Gasteiger partial charge in [0, 0.05) is 25.2 Å². The Morgan fingerprint density at radius 3 is 2.57 bits per heavy atom. The van der Waals surface area contributed by atoms with E-state index in [1.165, 1.54) is 0 Å². The quantitative estimate of drug-likeness (QED) is 0.917. The minimum absolute atomic E-state index is 0.105. The first-order valence-corrected chi connectivity index (χ1v) is 7.76. The molecule has 1 aromatic rings. The second-order valence-corrected chi connectivity index (χ2v) is 6.72. The predicted molar refractivity (Wildman–Crippen MR) is 83.2 cm³/mol. The number of aromatic nitrogens is 2.